The second-order valence-electron chi connectivity index (χ2n) is 23.7. The Hall–Kier alpha value is -4.70. The highest BCUT2D eigenvalue weighted by Gasteiger charge is 2.48. The smallest absolute Gasteiger partial charge is 0.297 e. The molecular weight excluding hydrogens is 727 g/mol. The van der Waals surface area contributed by atoms with Gasteiger partial charge in [0.15, 0.2) is 0 Å². The average Bonchev–Trinajstić information content (AvgIpc) is 3.57. The molecule has 0 amide bonds. The van der Waals surface area contributed by atoms with E-state index in [1.54, 1.807) is 0 Å². The van der Waals surface area contributed by atoms with Gasteiger partial charge < -0.3 is 14.2 Å². The van der Waals surface area contributed by atoms with Crippen molar-refractivity contribution < 1.29 is 7.16 Å². The van der Waals surface area contributed by atoms with Crippen molar-refractivity contribution in [2.45, 2.75) is 156 Å². The summed E-state index contributed by atoms with van der Waals surface area (Å²) in [5.41, 5.74) is 16.3. The number of hydrogen-bond acceptors (Lipinski definition) is 3. The van der Waals surface area contributed by atoms with Gasteiger partial charge in [0, 0.05) is 33.8 Å². The lowest BCUT2D eigenvalue weighted by Gasteiger charge is -2.44. The molecule has 3 nitrogen and oxygen atoms in total. The van der Waals surface area contributed by atoms with Crippen molar-refractivity contribution >= 4 is 68.4 Å². The molecule has 6 aromatic rings. The summed E-state index contributed by atoms with van der Waals surface area (Å²) in [5, 5.41) is 0.747. The Bertz CT molecular complexity index is 2800. The van der Waals surface area contributed by atoms with Gasteiger partial charge in [0.25, 0.3) is 6.71 Å². The van der Waals surface area contributed by atoms with Gasteiger partial charge in [-0.15, -0.1) is 0 Å². The Balaban J connectivity index is 1.47. The standard InChI is InChI=1S/C56H67BN2O/c1-51(2,3)34-17-22-38(23-18-34)58-44-26-21-36(53(7,8)9)29-43(44)57-48-45(58)30-37(54(10,11)12)31-46(48)59(39-24-19-35(20-25-39)52(4,5)6)49-40-32-41-42(33-47(40)60-50(49)57)56(15,16)28-27-55(41,13)14/h17-26,29-33H,27-28H2,1-16H3/i32D,33D. The Kier molecular flexibility index (Phi) is 8.23. The average molecular weight is 797 g/mol. The minimum atomic E-state index is -0.277. The van der Waals surface area contributed by atoms with Gasteiger partial charge in [0.05, 0.1) is 14.1 Å². The highest BCUT2D eigenvalue weighted by Crippen LogP contribution is 2.52. The van der Waals surface area contributed by atoms with Crippen molar-refractivity contribution in [3.8, 4) is 0 Å². The van der Waals surface area contributed by atoms with Crippen molar-refractivity contribution in [3.05, 3.63) is 124 Å². The molecule has 0 saturated carbocycles. The zero-order chi connectivity index (χ0) is 45.0. The summed E-state index contributed by atoms with van der Waals surface area (Å²) in [4.78, 5) is 4.89. The topological polar surface area (TPSA) is 19.6 Å². The zero-order valence-corrected chi connectivity index (χ0v) is 39.3. The molecule has 5 aromatic carbocycles. The Labute approximate surface area is 364 Å². The van der Waals surface area contributed by atoms with E-state index in [1.807, 2.05) is 0 Å². The monoisotopic (exact) mass is 797 g/mol. The van der Waals surface area contributed by atoms with E-state index in [1.165, 1.54) is 33.2 Å². The van der Waals surface area contributed by atoms with Gasteiger partial charge in [0.1, 0.15) is 5.58 Å². The molecule has 0 atom stereocenters. The molecule has 0 fully saturated rings. The fourth-order valence-electron chi connectivity index (χ4n) is 9.94. The molecule has 9 rings (SSSR count). The second kappa shape index (κ2) is 12.9. The summed E-state index contributed by atoms with van der Waals surface area (Å²) in [6.45, 7) is 36.2. The van der Waals surface area contributed by atoms with Crippen LogP contribution in [0.15, 0.2) is 95.4 Å². The Morgan fingerprint density at radius 3 is 1.48 bits per heavy atom. The molecule has 0 unspecified atom stereocenters. The van der Waals surface area contributed by atoms with Crippen LogP contribution in [0.2, 0.25) is 0 Å². The summed E-state index contributed by atoms with van der Waals surface area (Å²) < 4.78 is 27.9. The van der Waals surface area contributed by atoms with Crippen molar-refractivity contribution in [2.75, 3.05) is 9.80 Å². The first kappa shape index (κ1) is 38.2. The Morgan fingerprint density at radius 1 is 0.533 bits per heavy atom. The molecule has 2 aliphatic heterocycles. The van der Waals surface area contributed by atoms with E-state index in [0.717, 1.165) is 69.1 Å². The van der Waals surface area contributed by atoms with Gasteiger partial charge in [-0.25, -0.2) is 0 Å². The molecule has 0 spiro atoms. The molecule has 310 valence electrons. The van der Waals surface area contributed by atoms with Crippen LogP contribution in [-0.2, 0) is 32.5 Å². The normalized spacial score (nSPS) is 17.5. The predicted octanol–water partition coefficient (Wildman–Crippen LogP) is 14.1. The molecular formula is C56H67BN2O. The molecule has 3 aliphatic rings. The van der Waals surface area contributed by atoms with E-state index < -0.39 is 0 Å². The number of hydrogen-bond donors (Lipinski definition) is 0. The van der Waals surface area contributed by atoms with Crippen LogP contribution in [0.3, 0.4) is 0 Å². The molecule has 0 saturated heterocycles. The predicted molar refractivity (Wildman–Crippen MR) is 260 cm³/mol. The third-order valence-electron chi connectivity index (χ3n) is 14.1. The van der Waals surface area contributed by atoms with Crippen LogP contribution in [0.5, 0.6) is 0 Å². The fraction of sp³-hybridized carbons (Fsp3) is 0.429. The number of fused-ring (bicyclic) bond motifs is 7. The number of benzene rings is 5. The third kappa shape index (κ3) is 6.37. The first-order valence-electron chi connectivity index (χ1n) is 23.4. The highest BCUT2D eigenvalue weighted by molar-refractivity contribution is 7.00. The van der Waals surface area contributed by atoms with Gasteiger partial charge in [-0.3, -0.25) is 0 Å². The number of nitrogens with zero attached hydrogens (tertiary/aromatic N) is 2. The first-order chi connectivity index (χ1) is 28.6. The van der Waals surface area contributed by atoms with Crippen LogP contribution in [0.4, 0.5) is 34.1 Å². The zero-order valence-electron chi connectivity index (χ0n) is 41.3. The van der Waals surface area contributed by atoms with Gasteiger partial charge in [-0.05, 0) is 144 Å². The maximum Gasteiger partial charge on any atom is 0.297 e. The van der Waals surface area contributed by atoms with Gasteiger partial charge >= 0.3 is 0 Å². The first-order valence-corrected chi connectivity index (χ1v) is 22.4. The van der Waals surface area contributed by atoms with E-state index in [9.17, 15) is 2.74 Å². The van der Waals surface area contributed by atoms with Gasteiger partial charge in [-0.1, -0.05) is 147 Å². The lowest BCUT2D eigenvalue weighted by Crippen LogP contribution is -2.61. The molecule has 0 N–H and O–H groups in total. The lowest BCUT2D eigenvalue weighted by atomic mass is 9.35. The molecule has 0 bridgehead atoms. The van der Waals surface area contributed by atoms with Crippen LogP contribution in [0.25, 0.3) is 11.0 Å². The maximum atomic E-state index is 10.4. The molecule has 1 aromatic heterocycles. The molecule has 60 heavy (non-hydrogen) atoms. The molecule has 0 radical (unpaired) electrons. The van der Waals surface area contributed by atoms with E-state index in [-0.39, 0.29) is 39.2 Å². The van der Waals surface area contributed by atoms with E-state index in [2.05, 4.69) is 199 Å². The van der Waals surface area contributed by atoms with Crippen molar-refractivity contribution in [1.82, 2.24) is 0 Å². The van der Waals surface area contributed by atoms with Crippen molar-refractivity contribution in [1.29, 1.82) is 0 Å². The second-order valence-corrected chi connectivity index (χ2v) is 23.7. The lowest BCUT2D eigenvalue weighted by molar-refractivity contribution is 0.332. The number of rotatable bonds is 2. The van der Waals surface area contributed by atoms with Crippen LogP contribution >= 0.6 is 0 Å². The third-order valence-corrected chi connectivity index (χ3v) is 14.1. The van der Waals surface area contributed by atoms with Crippen LogP contribution in [0, 0.1) is 0 Å². The van der Waals surface area contributed by atoms with Gasteiger partial charge in [-0.2, -0.15) is 0 Å². The van der Waals surface area contributed by atoms with Crippen LogP contribution in [-0.4, -0.2) is 6.71 Å². The summed E-state index contributed by atoms with van der Waals surface area (Å²) in [6, 6.07) is 31.1. The number of furan rings is 1. The fourth-order valence-corrected chi connectivity index (χ4v) is 9.94. The van der Waals surface area contributed by atoms with Crippen LogP contribution in [0.1, 0.15) is 160 Å². The minimum Gasteiger partial charge on any atom is -0.468 e. The molecule has 3 heterocycles. The van der Waals surface area contributed by atoms with Crippen LogP contribution < -0.4 is 26.4 Å². The summed E-state index contributed by atoms with van der Waals surface area (Å²) in [7, 11) is 0. The summed E-state index contributed by atoms with van der Waals surface area (Å²) >= 11 is 0. The largest absolute Gasteiger partial charge is 0.468 e. The van der Waals surface area contributed by atoms with Crippen molar-refractivity contribution in [3.63, 3.8) is 0 Å². The summed E-state index contributed by atoms with van der Waals surface area (Å²) in [6.07, 6.45) is 1.92. The van der Waals surface area contributed by atoms with Crippen molar-refractivity contribution in [2.24, 2.45) is 0 Å². The highest BCUT2D eigenvalue weighted by atomic mass is 16.3. The Morgan fingerprint density at radius 2 is 0.983 bits per heavy atom. The van der Waals surface area contributed by atoms with E-state index in [0.29, 0.717) is 17.7 Å². The van der Waals surface area contributed by atoms with Gasteiger partial charge in [0.2, 0.25) is 0 Å². The molecule has 4 heteroatoms. The number of anilines is 6. The molecule has 1 aliphatic carbocycles. The summed E-state index contributed by atoms with van der Waals surface area (Å²) in [5.74, 6) is 0. The SMILES string of the molecule is [2H]c1c2c(c([2H])c3c4c(oc13)B1c3cc(C(C)(C)C)ccc3N(c3ccc(C(C)(C)C)cc3)c3cc(C(C)(C)C)cc(c31)N4c1ccc(C(C)(C)C)cc1)C(C)(C)CCC2(C)C. The quantitative estimate of drug-likeness (QED) is 0.163. The maximum absolute atomic E-state index is 10.4. The van der Waals surface area contributed by atoms with E-state index in [4.69, 9.17) is 4.42 Å². The minimum absolute atomic E-state index is 0.0201. The van der Waals surface area contributed by atoms with E-state index >= 15 is 0 Å².